The first-order valence-electron chi connectivity index (χ1n) is 5.81. The first-order chi connectivity index (χ1) is 8.99. The van der Waals surface area contributed by atoms with Gasteiger partial charge in [-0.1, -0.05) is 39.7 Å². The Morgan fingerprint density at radius 2 is 1.89 bits per heavy atom. The van der Waals surface area contributed by atoms with Crippen molar-refractivity contribution in [3.05, 3.63) is 62.6 Å². The summed E-state index contributed by atoms with van der Waals surface area (Å²) in [6.07, 6.45) is 0. The summed E-state index contributed by atoms with van der Waals surface area (Å²) in [5, 5.41) is 3.40. The largest absolute Gasteiger partial charge is 0.321 e. The number of carbonyl (C=O) groups excluding carboxylic acids is 1. The topological polar surface area (TPSA) is 29.1 Å². The highest BCUT2D eigenvalue weighted by Crippen LogP contribution is 2.26. The summed E-state index contributed by atoms with van der Waals surface area (Å²) in [5.74, 6) is -0.164. The van der Waals surface area contributed by atoms with Crippen LogP contribution >= 0.6 is 27.5 Å². The molecule has 4 heteroatoms. The minimum atomic E-state index is -0.164. The molecule has 0 saturated heterocycles. The van der Waals surface area contributed by atoms with Crippen LogP contribution in [0.4, 0.5) is 5.69 Å². The van der Waals surface area contributed by atoms with Gasteiger partial charge >= 0.3 is 0 Å². The summed E-state index contributed by atoms with van der Waals surface area (Å²) >= 11 is 9.57. The van der Waals surface area contributed by atoms with Gasteiger partial charge in [0, 0.05) is 10.0 Å². The average Bonchev–Trinajstić information content (AvgIpc) is 2.38. The van der Waals surface area contributed by atoms with E-state index in [-0.39, 0.29) is 5.91 Å². The van der Waals surface area contributed by atoms with Gasteiger partial charge in [0.05, 0.1) is 10.7 Å². The molecular weight excluding hydrogens is 326 g/mol. The van der Waals surface area contributed by atoms with Gasteiger partial charge in [0.1, 0.15) is 0 Å². The standard InChI is InChI=1S/C15H13BrClNO/c1-9-4-3-5-13(14(9)17)18-15(19)11-6-7-12(16)10(2)8-11/h3-8H,1-2H3,(H,18,19). The quantitative estimate of drug-likeness (QED) is 0.823. The van der Waals surface area contributed by atoms with Crippen molar-refractivity contribution in [2.45, 2.75) is 13.8 Å². The number of amides is 1. The van der Waals surface area contributed by atoms with Gasteiger partial charge in [0.25, 0.3) is 5.91 Å². The van der Waals surface area contributed by atoms with Crippen LogP contribution in [-0.2, 0) is 0 Å². The fourth-order valence-corrected chi connectivity index (χ4v) is 2.14. The lowest BCUT2D eigenvalue weighted by Gasteiger charge is -2.09. The molecule has 0 unspecified atom stereocenters. The van der Waals surface area contributed by atoms with Gasteiger partial charge in [-0.3, -0.25) is 4.79 Å². The summed E-state index contributed by atoms with van der Waals surface area (Å²) in [6, 6.07) is 11.0. The summed E-state index contributed by atoms with van der Waals surface area (Å²) < 4.78 is 0.984. The average molecular weight is 339 g/mol. The van der Waals surface area contributed by atoms with Crippen molar-refractivity contribution in [2.24, 2.45) is 0 Å². The molecule has 0 radical (unpaired) electrons. The molecule has 0 fully saturated rings. The van der Waals surface area contributed by atoms with Gasteiger partial charge in [-0.15, -0.1) is 0 Å². The first kappa shape index (κ1) is 14.1. The molecule has 2 rings (SSSR count). The lowest BCUT2D eigenvalue weighted by Crippen LogP contribution is -2.12. The van der Waals surface area contributed by atoms with E-state index in [9.17, 15) is 4.79 Å². The number of nitrogens with one attached hydrogen (secondary N) is 1. The van der Waals surface area contributed by atoms with E-state index in [1.165, 1.54) is 0 Å². The van der Waals surface area contributed by atoms with Crippen LogP contribution in [0, 0.1) is 13.8 Å². The zero-order valence-electron chi connectivity index (χ0n) is 10.6. The predicted molar refractivity (Wildman–Crippen MR) is 83.0 cm³/mol. The van der Waals surface area contributed by atoms with Crippen LogP contribution in [0.25, 0.3) is 0 Å². The number of carbonyl (C=O) groups is 1. The number of benzene rings is 2. The van der Waals surface area contributed by atoms with Gasteiger partial charge in [0.15, 0.2) is 0 Å². The zero-order chi connectivity index (χ0) is 14.0. The summed E-state index contributed by atoms with van der Waals surface area (Å²) in [6.45, 7) is 3.85. The molecule has 0 aliphatic heterocycles. The molecule has 1 N–H and O–H groups in total. The first-order valence-corrected chi connectivity index (χ1v) is 6.99. The highest BCUT2D eigenvalue weighted by Gasteiger charge is 2.10. The van der Waals surface area contributed by atoms with Gasteiger partial charge in [-0.25, -0.2) is 0 Å². The van der Waals surface area contributed by atoms with Crippen LogP contribution in [0.3, 0.4) is 0 Å². The molecule has 2 nitrogen and oxygen atoms in total. The molecule has 98 valence electrons. The van der Waals surface area contributed by atoms with Crippen LogP contribution < -0.4 is 5.32 Å². The maximum Gasteiger partial charge on any atom is 0.255 e. The second-order valence-corrected chi connectivity index (χ2v) is 5.59. The Labute approximate surface area is 125 Å². The minimum absolute atomic E-state index is 0.164. The highest BCUT2D eigenvalue weighted by atomic mass is 79.9. The number of halogens is 2. The van der Waals surface area contributed by atoms with E-state index in [0.29, 0.717) is 16.3 Å². The fourth-order valence-electron chi connectivity index (χ4n) is 1.72. The Bertz CT molecular complexity index is 640. The molecule has 0 aliphatic carbocycles. The maximum absolute atomic E-state index is 12.2. The maximum atomic E-state index is 12.2. The van der Waals surface area contributed by atoms with Crippen LogP contribution in [0.2, 0.25) is 5.02 Å². The molecule has 0 atom stereocenters. The van der Waals surface area contributed by atoms with E-state index >= 15 is 0 Å². The molecular formula is C15H13BrClNO. The molecule has 0 aromatic heterocycles. The molecule has 2 aromatic rings. The second-order valence-electron chi connectivity index (χ2n) is 4.35. The van der Waals surface area contributed by atoms with Crippen LogP contribution in [0.5, 0.6) is 0 Å². The van der Waals surface area contributed by atoms with Crippen LogP contribution in [0.1, 0.15) is 21.5 Å². The zero-order valence-corrected chi connectivity index (χ0v) is 13.0. The molecule has 1 amide bonds. The van der Waals surface area contributed by atoms with Gasteiger partial charge in [0.2, 0.25) is 0 Å². The lowest BCUT2D eigenvalue weighted by molar-refractivity contribution is 0.102. The smallest absolute Gasteiger partial charge is 0.255 e. The molecule has 0 bridgehead atoms. The molecule has 19 heavy (non-hydrogen) atoms. The van der Waals surface area contributed by atoms with E-state index in [0.717, 1.165) is 15.6 Å². The predicted octanol–water partition coefficient (Wildman–Crippen LogP) is 4.97. The second kappa shape index (κ2) is 5.76. The minimum Gasteiger partial charge on any atom is -0.321 e. The van der Waals surface area contributed by atoms with Crippen molar-refractivity contribution >= 4 is 39.1 Å². The van der Waals surface area contributed by atoms with Crippen molar-refractivity contribution in [1.29, 1.82) is 0 Å². The highest BCUT2D eigenvalue weighted by molar-refractivity contribution is 9.10. The number of hydrogen-bond donors (Lipinski definition) is 1. The molecule has 0 spiro atoms. The number of aryl methyl sites for hydroxylation is 2. The lowest BCUT2D eigenvalue weighted by atomic mass is 10.1. The Kier molecular flexibility index (Phi) is 4.27. The van der Waals surface area contributed by atoms with Gasteiger partial charge < -0.3 is 5.32 Å². The van der Waals surface area contributed by atoms with E-state index in [1.54, 1.807) is 12.1 Å². The van der Waals surface area contributed by atoms with E-state index in [2.05, 4.69) is 21.2 Å². The molecule has 0 saturated carbocycles. The van der Waals surface area contributed by atoms with Gasteiger partial charge in [-0.2, -0.15) is 0 Å². The van der Waals surface area contributed by atoms with Gasteiger partial charge in [-0.05, 0) is 49.2 Å². The third-order valence-electron chi connectivity index (χ3n) is 2.86. The molecule has 0 heterocycles. The van der Waals surface area contributed by atoms with Crippen molar-refractivity contribution in [3.63, 3.8) is 0 Å². The van der Waals surface area contributed by atoms with Crippen LogP contribution in [-0.4, -0.2) is 5.91 Å². The normalized spacial score (nSPS) is 10.3. The van der Waals surface area contributed by atoms with E-state index in [1.807, 2.05) is 38.1 Å². The molecule has 2 aromatic carbocycles. The number of anilines is 1. The Morgan fingerprint density at radius 1 is 1.16 bits per heavy atom. The van der Waals surface area contributed by atoms with Crippen molar-refractivity contribution in [2.75, 3.05) is 5.32 Å². The van der Waals surface area contributed by atoms with E-state index in [4.69, 9.17) is 11.6 Å². The monoisotopic (exact) mass is 337 g/mol. The van der Waals surface area contributed by atoms with Crippen molar-refractivity contribution in [3.8, 4) is 0 Å². The Hall–Kier alpha value is -1.32. The Balaban J connectivity index is 2.26. The summed E-state index contributed by atoms with van der Waals surface area (Å²) in [7, 11) is 0. The van der Waals surface area contributed by atoms with Crippen molar-refractivity contribution < 1.29 is 4.79 Å². The number of hydrogen-bond acceptors (Lipinski definition) is 1. The molecule has 0 aliphatic rings. The van der Waals surface area contributed by atoms with Crippen LogP contribution in [0.15, 0.2) is 40.9 Å². The third-order valence-corrected chi connectivity index (χ3v) is 4.25. The van der Waals surface area contributed by atoms with E-state index < -0.39 is 0 Å². The third kappa shape index (κ3) is 3.17. The summed E-state index contributed by atoms with van der Waals surface area (Å²) in [4.78, 5) is 12.2. The fraction of sp³-hybridized carbons (Fsp3) is 0.133. The SMILES string of the molecule is Cc1cc(C(=O)Nc2cccc(C)c2Cl)ccc1Br. The van der Waals surface area contributed by atoms with Crippen molar-refractivity contribution in [1.82, 2.24) is 0 Å². The number of rotatable bonds is 2. The summed E-state index contributed by atoms with van der Waals surface area (Å²) in [5.41, 5.74) is 3.19. The Morgan fingerprint density at radius 3 is 2.58 bits per heavy atom.